The number of piperazine rings is 1. The summed E-state index contributed by atoms with van der Waals surface area (Å²) in [5, 5.41) is 9.19. The minimum absolute atomic E-state index is 0.0316. The maximum Gasteiger partial charge on any atom is 0.248 e. The van der Waals surface area contributed by atoms with Crippen LogP contribution in [0.1, 0.15) is 5.56 Å². The van der Waals surface area contributed by atoms with Crippen LogP contribution in [0.5, 0.6) is 5.75 Å². The Morgan fingerprint density at radius 2 is 1.85 bits per heavy atom. The Balaban J connectivity index is 1.37. The maximum absolute atomic E-state index is 12.3. The standard InChI is InChI=1S/C20H22N4O3/c21-15-17-5-4-8-22-20(17)24-11-9-23(10-12-24)19(25)16-26-13-14-27-18-6-2-1-3-7-18/h1-8H,9-14,16H2. The van der Waals surface area contributed by atoms with Crippen molar-refractivity contribution in [3.05, 3.63) is 54.2 Å². The highest BCUT2D eigenvalue weighted by molar-refractivity contribution is 5.77. The first-order valence-electron chi connectivity index (χ1n) is 8.91. The minimum atomic E-state index is -0.0316. The Kier molecular flexibility index (Phi) is 6.61. The average molecular weight is 366 g/mol. The zero-order valence-corrected chi connectivity index (χ0v) is 15.1. The number of hydrogen-bond donors (Lipinski definition) is 0. The van der Waals surface area contributed by atoms with Gasteiger partial charge in [0.15, 0.2) is 0 Å². The van der Waals surface area contributed by atoms with E-state index in [-0.39, 0.29) is 12.5 Å². The van der Waals surface area contributed by atoms with Gasteiger partial charge in [-0.1, -0.05) is 18.2 Å². The van der Waals surface area contributed by atoms with Gasteiger partial charge in [0, 0.05) is 32.4 Å². The van der Waals surface area contributed by atoms with Crippen LogP contribution in [-0.4, -0.2) is 61.8 Å². The first-order chi connectivity index (χ1) is 13.3. The van der Waals surface area contributed by atoms with Crippen molar-refractivity contribution in [2.75, 3.05) is 50.9 Å². The summed E-state index contributed by atoms with van der Waals surface area (Å²) >= 11 is 0. The maximum atomic E-state index is 12.3. The van der Waals surface area contributed by atoms with Gasteiger partial charge >= 0.3 is 0 Å². The summed E-state index contributed by atoms with van der Waals surface area (Å²) in [6, 6.07) is 15.2. The van der Waals surface area contributed by atoms with Crippen molar-refractivity contribution in [2.24, 2.45) is 0 Å². The molecule has 27 heavy (non-hydrogen) atoms. The van der Waals surface area contributed by atoms with Crippen molar-refractivity contribution in [1.82, 2.24) is 9.88 Å². The summed E-state index contributed by atoms with van der Waals surface area (Å²) in [6.07, 6.45) is 1.68. The molecule has 1 aromatic carbocycles. The van der Waals surface area contributed by atoms with E-state index in [4.69, 9.17) is 9.47 Å². The second kappa shape index (κ2) is 9.55. The Morgan fingerprint density at radius 1 is 1.07 bits per heavy atom. The predicted octanol–water partition coefficient (Wildman–Crippen LogP) is 1.70. The Bertz CT molecular complexity index is 783. The molecule has 0 unspecified atom stereocenters. The fraction of sp³-hybridized carbons (Fsp3) is 0.350. The van der Waals surface area contributed by atoms with Gasteiger partial charge in [-0.2, -0.15) is 5.26 Å². The number of nitriles is 1. The van der Waals surface area contributed by atoms with E-state index in [1.807, 2.05) is 35.2 Å². The Hall–Kier alpha value is -3.11. The Labute approximate surface area is 158 Å². The number of carbonyl (C=O) groups is 1. The number of hydrogen-bond acceptors (Lipinski definition) is 6. The summed E-state index contributed by atoms with van der Waals surface area (Å²) in [5.41, 5.74) is 0.555. The summed E-state index contributed by atoms with van der Waals surface area (Å²) in [7, 11) is 0. The lowest BCUT2D eigenvalue weighted by molar-refractivity contribution is -0.136. The molecular formula is C20H22N4O3. The van der Waals surface area contributed by atoms with E-state index >= 15 is 0 Å². The van der Waals surface area contributed by atoms with Gasteiger partial charge in [0.05, 0.1) is 12.2 Å². The molecule has 0 saturated carbocycles. The second-order valence-electron chi connectivity index (χ2n) is 6.07. The third-order valence-corrected chi connectivity index (χ3v) is 4.30. The van der Waals surface area contributed by atoms with Crippen molar-refractivity contribution >= 4 is 11.7 Å². The SMILES string of the molecule is N#Cc1cccnc1N1CCN(C(=O)COCCOc2ccccc2)CC1. The van der Waals surface area contributed by atoms with Crippen LogP contribution in [-0.2, 0) is 9.53 Å². The molecule has 0 atom stereocenters. The molecule has 2 heterocycles. The van der Waals surface area contributed by atoms with E-state index in [9.17, 15) is 10.1 Å². The molecule has 0 bridgehead atoms. The van der Waals surface area contributed by atoms with Gasteiger partial charge in [-0.25, -0.2) is 4.98 Å². The molecular weight excluding hydrogens is 344 g/mol. The Morgan fingerprint density at radius 3 is 2.59 bits per heavy atom. The predicted molar refractivity (Wildman–Crippen MR) is 101 cm³/mol. The van der Waals surface area contributed by atoms with Crippen molar-refractivity contribution in [1.29, 1.82) is 5.26 Å². The monoisotopic (exact) mass is 366 g/mol. The molecule has 7 nitrogen and oxygen atoms in total. The first-order valence-corrected chi connectivity index (χ1v) is 8.91. The summed E-state index contributed by atoms with van der Waals surface area (Å²) in [4.78, 5) is 20.4. The van der Waals surface area contributed by atoms with E-state index in [1.54, 1.807) is 23.2 Å². The fourth-order valence-corrected chi connectivity index (χ4v) is 2.89. The van der Waals surface area contributed by atoms with Crippen molar-refractivity contribution in [3.63, 3.8) is 0 Å². The number of nitrogens with zero attached hydrogens (tertiary/aromatic N) is 4. The van der Waals surface area contributed by atoms with Gasteiger partial charge in [-0.15, -0.1) is 0 Å². The quantitative estimate of drug-likeness (QED) is 0.694. The zero-order chi connectivity index (χ0) is 18.9. The van der Waals surface area contributed by atoms with Crippen LogP contribution in [0, 0.1) is 11.3 Å². The van der Waals surface area contributed by atoms with Crippen LogP contribution in [0.15, 0.2) is 48.7 Å². The largest absolute Gasteiger partial charge is 0.491 e. The number of carbonyl (C=O) groups excluding carboxylic acids is 1. The molecule has 1 saturated heterocycles. The minimum Gasteiger partial charge on any atom is -0.491 e. The van der Waals surface area contributed by atoms with Crippen LogP contribution in [0.2, 0.25) is 0 Å². The molecule has 1 amide bonds. The lowest BCUT2D eigenvalue weighted by Gasteiger charge is -2.35. The molecule has 1 aliphatic rings. The summed E-state index contributed by atoms with van der Waals surface area (Å²) in [5.74, 6) is 1.44. The highest BCUT2D eigenvalue weighted by Crippen LogP contribution is 2.18. The normalized spacial score (nSPS) is 13.9. The number of ether oxygens (including phenoxy) is 2. The summed E-state index contributed by atoms with van der Waals surface area (Å²) < 4.78 is 11.0. The molecule has 0 N–H and O–H groups in total. The third kappa shape index (κ3) is 5.19. The molecule has 0 spiro atoms. The third-order valence-electron chi connectivity index (χ3n) is 4.30. The number of benzene rings is 1. The molecule has 1 fully saturated rings. The van der Waals surface area contributed by atoms with Gasteiger partial charge in [0.1, 0.15) is 30.9 Å². The van der Waals surface area contributed by atoms with E-state index in [1.165, 1.54) is 0 Å². The summed E-state index contributed by atoms with van der Waals surface area (Å²) in [6.45, 7) is 3.28. The molecule has 140 valence electrons. The molecule has 7 heteroatoms. The number of amides is 1. The van der Waals surface area contributed by atoms with Gasteiger partial charge in [0.25, 0.3) is 0 Å². The molecule has 1 aliphatic heterocycles. The topological polar surface area (TPSA) is 78.7 Å². The lowest BCUT2D eigenvalue weighted by Crippen LogP contribution is -2.50. The molecule has 1 aromatic heterocycles. The molecule has 0 radical (unpaired) electrons. The van der Waals surface area contributed by atoms with Crippen molar-refractivity contribution in [2.45, 2.75) is 0 Å². The first kappa shape index (κ1) is 18.7. The zero-order valence-electron chi connectivity index (χ0n) is 15.1. The van der Waals surface area contributed by atoms with Gasteiger partial charge in [-0.3, -0.25) is 4.79 Å². The van der Waals surface area contributed by atoms with Gasteiger partial charge in [-0.05, 0) is 24.3 Å². The van der Waals surface area contributed by atoms with Gasteiger partial charge < -0.3 is 19.3 Å². The van der Waals surface area contributed by atoms with E-state index < -0.39 is 0 Å². The van der Waals surface area contributed by atoms with E-state index in [2.05, 4.69) is 11.1 Å². The number of para-hydroxylation sites is 1. The smallest absolute Gasteiger partial charge is 0.248 e. The number of aromatic nitrogens is 1. The average Bonchev–Trinajstić information content (AvgIpc) is 2.74. The van der Waals surface area contributed by atoms with Crippen LogP contribution in [0.4, 0.5) is 5.82 Å². The van der Waals surface area contributed by atoms with Gasteiger partial charge in [0.2, 0.25) is 5.91 Å². The highest BCUT2D eigenvalue weighted by atomic mass is 16.5. The molecule has 2 aromatic rings. The number of pyridine rings is 1. The number of anilines is 1. The van der Waals surface area contributed by atoms with Crippen LogP contribution < -0.4 is 9.64 Å². The molecule has 0 aliphatic carbocycles. The van der Waals surface area contributed by atoms with Crippen molar-refractivity contribution < 1.29 is 14.3 Å². The molecule has 3 rings (SSSR count). The van der Waals surface area contributed by atoms with Crippen molar-refractivity contribution in [3.8, 4) is 11.8 Å². The second-order valence-corrected chi connectivity index (χ2v) is 6.07. The fourth-order valence-electron chi connectivity index (χ4n) is 2.89. The van der Waals surface area contributed by atoms with Crippen LogP contribution in [0.25, 0.3) is 0 Å². The van der Waals surface area contributed by atoms with E-state index in [0.717, 1.165) is 5.75 Å². The van der Waals surface area contributed by atoms with Crippen LogP contribution in [0.3, 0.4) is 0 Å². The van der Waals surface area contributed by atoms with E-state index in [0.29, 0.717) is 50.8 Å². The lowest BCUT2D eigenvalue weighted by atomic mass is 10.2. The van der Waals surface area contributed by atoms with Crippen LogP contribution >= 0.6 is 0 Å². The number of rotatable bonds is 7. The highest BCUT2D eigenvalue weighted by Gasteiger charge is 2.23.